The highest BCUT2D eigenvalue weighted by molar-refractivity contribution is 5.49. The summed E-state index contributed by atoms with van der Waals surface area (Å²) in [6, 6.07) is 26.1. The fourth-order valence-corrected chi connectivity index (χ4v) is 5.81. The van der Waals surface area contributed by atoms with E-state index in [-0.39, 0.29) is 0 Å². The van der Waals surface area contributed by atoms with Crippen molar-refractivity contribution in [3.63, 3.8) is 0 Å². The Morgan fingerprint density at radius 3 is 1.97 bits per heavy atom. The molecular formula is C29H34N2O3. The normalized spacial score (nSPS) is 24.7. The maximum absolute atomic E-state index is 11.5. The summed E-state index contributed by atoms with van der Waals surface area (Å²) in [6.45, 7) is 4.96. The van der Waals surface area contributed by atoms with E-state index in [1.54, 1.807) is 7.11 Å². The lowest BCUT2D eigenvalue weighted by molar-refractivity contribution is -0.00451. The summed E-state index contributed by atoms with van der Waals surface area (Å²) >= 11 is 0. The lowest BCUT2D eigenvalue weighted by Crippen LogP contribution is -2.47. The van der Waals surface area contributed by atoms with Gasteiger partial charge in [0.2, 0.25) is 0 Å². The predicted octanol–water partition coefficient (Wildman–Crippen LogP) is 4.32. The summed E-state index contributed by atoms with van der Waals surface area (Å²) in [4.78, 5) is 4.92. The lowest BCUT2D eigenvalue weighted by Gasteiger charge is -2.39. The summed E-state index contributed by atoms with van der Waals surface area (Å²) in [5, 5.41) is 22.9. The highest BCUT2D eigenvalue weighted by Crippen LogP contribution is 2.56. The molecule has 2 unspecified atom stereocenters. The first-order chi connectivity index (χ1) is 16.6. The Bertz CT molecular complexity index is 1050. The SMILES string of the molecule is COc1ccc(N2CCN(CCCC3(c4ccccc4)C(O)c4ccccc4C3O)CC2)cc1. The zero-order valence-corrected chi connectivity index (χ0v) is 19.8. The molecule has 5 nitrogen and oxygen atoms in total. The van der Waals surface area contributed by atoms with Crippen molar-refractivity contribution in [2.45, 2.75) is 30.5 Å². The van der Waals surface area contributed by atoms with Gasteiger partial charge in [0.1, 0.15) is 5.75 Å². The monoisotopic (exact) mass is 458 g/mol. The molecule has 0 spiro atoms. The van der Waals surface area contributed by atoms with E-state index in [1.807, 2.05) is 66.7 Å². The molecule has 0 saturated carbocycles. The Balaban J connectivity index is 1.24. The molecule has 1 aliphatic carbocycles. The Morgan fingerprint density at radius 1 is 0.794 bits per heavy atom. The van der Waals surface area contributed by atoms with Crippen LogP contribution in [0.3, 0.4) is 0 Å². The molecule has 0 bridgehead atoms. The van der Waals surface area contributed by atoms with Crippen LogP contribution in [0.4, 0.5) is 5.69 Å². The average molecular weight is 459 g/mol. The number of hydrogen-bond donors (Lipinski definition) is 2. The van der Waals surface area contributed by atoms with Crippen molar-refractivity contribution in [3.05, 3.63) is 95.6 Å². The lowest BCUT2D eigenvalue weighted by atomic mass is 9.71. The van der Waals surface area contributed by atoms with Crippen LogP contribution in [0.1, 0.15) is 41.7 Å². The van der Waals surface area contributed by atoms with Gasteiger partial charge in [-0.1, -0.05) is 54.6 Å². The molecule has 1 saturated heterocycles. The van der Waals surface area contributed by atoms with Crippen molar-refractivity contribution in [3.8, 4) is 5.75 Å². The minimum atomic E-state index is -0.715. The van der Waals surface area contributed by atoms with Gasteiger partial charge in [-0.3, -0.25) is 4.90 Å². The Morgan fingerprint density at radius 2 is 1.38 bits per heavy atom. The maximum Gasteiger partial charge on any atom is 0.119 e. The van der Waals surface area contributed by atoms with Crippen molar-refractivity contribution < 1.29 is 14.9 Å². The summed E-state index contributed by atoms with van der Waals surface area (Å²) in [5.74, 6) is 0.883. The highest BCUT2D eigenvalue weighted by atomic mass is 16.5. The van der Waals surface area contributed by atoms with Gasteiger partial charge in [0, 0.05) is 31.9 Å². The average Bonchev–Trinajstić information content (AvgIpc) is 3.12. The smallest absolute Gasteiger partial charge is 0.119 e. The number of fused-ring (bicyclic) bond motifs is 1. The van der Waals surface area contributed by atoms with Crippen LogP contribution < -0.4 is 9.64 Å². The summed E-state index contributed by atoms with van der Waals surface area (Å²) in [7, 11) is 1.69. The Hall–Kier alpha value is -2.86. The second-order valence-electron chi connectivity index (χ2n) is 9.47. The molecule has 2 atom stereocenters. The van der Waals surface area contributed by atoms with Gasteiger partial charge >= 0.3 is 0 Å². The van der Waals surface area contributed by atoms with Crippen LogP contribution in [0.2, 0.25) is 0 Å². The van der Waals surface area contributed by atoms with Crippen LogP contribution in [-0.2, 0) is 5.41 Å². The second-order valence-corrected chi connectivity index (χ2v) is 9.47. The summed E-state index contributed by atoms with van der Waals surface area (Å²) < 4.78 is 5.27. The van der Waals surface area contributed by atoms with E-state index in [0.717, 1.165) is 68.0 Å². The zero-order valence-electron chi connectivity index (χ0n) is 19.8. The number of methoxy groups -OCH3 is 1. The first kappa shape index (κ1) is 22.9. The van der Waals surface area contributed by atoms with E-state index < -0.39 is 17.6 Å². The molecule has 0 radical (unpaired) electrons. The van der Waals surface area contributed by atoms with Crippen LogP contribution in [0, 0.1) is 0 Å². The Labute approximate surface area is 202 Å². The molecule has 0 aromatic heterocycles. The molecule has 34 heavy (non-hydrogen) atoms. The van der Waals surface area contributed by atoms with E-state index in [2.05, 4.69) is 21.9 Å². The molecule has 1 aliphatic heterocycles. The van der Waals surface area contributed by atoms with Gasteiger partial charge < -0.3 is 19.8 Å². The number of aliphatic hydroxyl groups is 2. The summed E-state index contributed by atoms with van der Waals surface area (Å²) in [6.07, 6.45) is 0.216. The van der Waals surface area contributed by atoms with Crippen molar-refractivity contribution in [2.75, 3.05) is 44.7 Å². The van der Waals surface area contributed by atoms with Crippen LogP contribution in [-0.4, -0.2) is 54.9 Å². The second kappa shape index (κ2) is 9.79. The van der Waals surface area contributed by atoms with Crippen molar-refractivity contribution in [1.29, 1.82) is 0 Å². The van der Waals surface area contributed by atoms with Crippen molar-refractivity contribution >= 4 is 5.69 Å². The van der Waals surface area contributed by atoms with E-state index >= 15 is 0 Å². The molecule has 0 amide bonds. The number of nitrogens with zero attached hydrogens (tertiary/aromatic N) is 2. The molecule has 5 rings (SSSR count). The van der Waals surface area contributed by atoms with Crippen LogP contribution in [0.25, 0.3) is 0 Å². The fraction of sp³-hybridized carbons (Fsp3) is 0.379. The van der Waals surface area contributed by atoms with Gasteiger partial charge in [0.25, 0.3) is 0 Å². The zero-order chi connectivity index (χ0) is 23.5. The first-order valence-electron chi connectivity index (χ1n) is 12.3. The maximum atomic E-state index is 11.5. The quantitative estimate of drug-likeness (QED) is 0.552. The standard InChI is InChI=1S/C29H34N2O3/c1-34-24-14-12-23(13-15-24)31-20-18-30(19-21-31)17-7-16-29(22-8-3-2-4-9-22)27(32)25-10-5-6-11-26(25)28(29)33/h2-6,8-15,27-28,32-33H,7,16-21H2,1H3. The number of piperazine rings is 1. The van der Waals surface area contributed by atoms with Crippen molar-refractivity contribution in [2.24, 2.45) is 0 Å². The number of benzene rings is 3. The molecule has 5 heteroatoms. The minimum Gasteiger partial charge on any atom is -0.497 e. The molecule has 2 N–H and O–H groups in total. The van der Waals surface area contributed by atoms with Gasteiger partial charge in [-0.15, -0.1) is 0 Å². The predicted molar refractivity (Wildman–Crippen MR) is 135 cm³/mol. The molecule has 1 heterocycles. The molecule has 2 aliphatic rings. The number of aliphatic hydroxyl groups excluding tert-OH is 2. The number of anilines is 1. The Kier molecular flexibility index (Phi) is 6.59. The third kappa shape index (κ3) is 4.09. The first-order valence-corrected chi connectivity index (χ1v) is 12.3. The van der Waals surface area contributed by atoms with E-state index in [4.69, 9.17) is 4.74 Å². The largest absolute Gasteiger partial charge is 0.497 e. The number of rotatable bonds is 7. The van der Waals surface area contributed by atoms with Crippen LogP contribution in [0.5, 0.6) is 5.75 Å². The van der Waals surface area contributed by atoms with Gasteiger partial charge in [-0.05, 0) is 60.3 Å². The van der Waals surface area contributed by atoms with E-state index in [1.165, 1.54) is 5.69 Å². The van der Waals surface area contributed by atoms with Gasteiger partial charge in [-0.25, -0.2) is 0 Å². The topological polar surface area (TPSA) is 56.2 Å². The molecule has 1 fully saturated rings. The van der Waals surface area contributed by atoms with Crippen molar-refractivity contribution in [1.82, 2.24) is 4.90 Å². The number of hydrogen-bond acceptors (Lipinski definition) is 5. The fourth-order valence-electron chi connectivity index (χ4n) is 5.81. The highest BCUT2D eigenvalue weighted by Gasteiger charge is 2.52. The van der Waals surface area contributed by atoms with Crippen LogP contribution >= 0.6 is 0 Å². The third-order valence-electron chi connectivity index (χ3n) is 7.75. The van der Waals surface area contributed by atoms with E-state index in [0.29, 0.717) is 0 Å². The molecule has 178 valence electrons. The molecule has 3 aromatic carbocycles. The van der Waals surface area contributed by atoms with E-state index in [9.17, 15) is 10.2 Å². The van der Waals surface area contributed by atoms with Gasteiger partial charge in [0.15, 0.2) is 0 Å². The third-order valence-corrected chi connectivity index (χ3v) is 7.75. The number of ether oxygens (including phenoxy) is 1. The summed E-state index contributed by atoms with van der Waals surface area (Å²) in [5.41, 5.74) is 3.24. The molecule has 3 aromatic rings. The van der Waals surface area contributed by atoms with Gasteiger partial charge in [0.05, 0.1) is 24.7 Å². The van der Waals surface area contributed by atoms with Crippen LogP contribution in [0.15, 0.2) is 78.9 Å². The molecular weight excluding hydrogens is 424 g/mol. The minimum absolute atomic E-state index is 0.712. The van der Waals surface area contributed by atoms with Gasteiger partial charge in [-0.2, -0.15) is 0 Å².